The average Bonchev–Trinajstić information content (AvgIpc) is 2.19. The summed E-state index contributed by atoms with van der Waals surface area (Å²) in [6.45, 7) is 6.61. The van der Waals surface area contributed by atoms with Crippen molar-refractivity contribution < 1.29 is 0 Å². The van der Waals surface area contributed by atoms with Crippen molar-refractivity contribution in [2.75, 3.05) is 0 Å². The molecule has 0 spiro atoms. The van der Waals surface area contributed by atoms with Gasteiger partial charge in [-0.05, 0) is 37.7 Å². The van der Waals surface area contributed by atoms with E-state index in [-0.39, 0.29) is 0 Å². The third kappa shape index (κ3) is 4.98. The highest BCUT2D eigenvalue weighted by molar-refractivity contribution is 5.21. The monoisotopic (exact) mass is 205 g/mol. The molecule has 0 aliphatic heterocycles. The highest BCUT2D eigenvalue weighted by atomic mass is 14.6. The van der Waals surface area contributed by atoms with Crippen LogP contribution in [0.3, 0.4) is 0 Å². The summed E-state index contributed by atoms with van der Waals surface area (Å²) < 4.78 is 0. The zero-order valence-corrected chi connectivity index (χ0v) is 10.2. The lowest BCUT2D eigenvalue weighted by molar-refractivity contribution is 0.495. The molecule has 0 amide bonds. The Bertz CT molecular complexity index is 274. The first-order valence-corrected chi connectivity index (χ1v) is 5.89. The Kier molecular flexibility index (Phi) is 4.83. The summed E-state index contributed by atoms with van der Waals surface area (Å²) >= 11 is 0. The van der Waals surface area contributed by atoms with Crippen LogP contribution in [0.2, 0.25) is 0 Å². The van der Waals surface area contributed by atoms with Crippen molar-refractivity contribution in [2.24, 2.45) is 11.7 Å². The highest BCUT2D eigenvalue weighted by Gasteiger charge is 2.05. The molecule has 1 atom stereocenters. The molecule has 1 aromatic carbocycles. The van der Waals surface area contributed by atoms with Gasteiger partial charge in [0.2, 0.25) is 0 Å². The molecule has 15 heavy (non-hydrogen) atoms. The summed E-state index contributed by atoms with van der Waals surface area (Å²) in [5.74, 6) is 0.758. The fourth-order valence-corrected chi connectivity index (χ4v) is 1.68. The first kappa shape index (κ1) is 12.3. The van der Waals surface area contributed by atoms with Gasteiger partial charge in [0.25, 0.3) is 0 Å². The van der Waals surface area contributed by atoms with Gasteiger partial charge in [-0.1, -0.05) is 43.7 Å². The van der Waals surface area contributed by atoms with Crippen molar-refractivity contribution >= 4 is 0 Å². The van der Waals surface area contributed by atoms with E-state index in [2.05, 4.69) is 45.0 Å². The average molecular weight is 205 g/mol. The van der Waals surface area contributed by atoms with Crippen molar-refractivity contribution in [3.8, 4) is 0 Å². The van der Waals surface area contributed by atoms with Gasteiger partial charge < -0.3 is 5.73 Å². The van der Waals surface area contributed by atoms with E-state index in [1.807, 2.05) is 0 Å². The van der Waals surface area contributed by atoms with E-state index in [4.69, 9.17) is 5.73 Å². The highest BCUT2D eigenvalue weighted by Crippen LogP contribution is 2.10. The number of hydrogen-bond donors (Lipinski definition) is 1. The van der Waals surface area contributed by atoms with Gasteiger partial charge >= 0.3 is 0 Å². The lowest BCUT2D eigenvalue weighted by Crippen LogP contribution is -2.23. The predicted octanol–water partition coefficient (Wildman–Crippen LogP) is 3.30. The molecule has 0 radical (unpaired) electrons. The third-order valence-electron chi connectivity index (χ3n) is 2.73. The van der Waals surface area contributed by atoms with Crippen LogP contribution in [0, 0.1) is 12.8 Å². The molecule has 1 unspecified atom stereocenters. The van der Waals surface area contributed by atoms with Crippen LogP contribution in [0.4, 0.5) is 0 Å². The molecule has 0 aromatic heterocycles. The summed E-state index contributed by atoms with van der Waals surface area (Å²) in [6.07, 6.45) is 3.37. The first-order valence-electron chi connectivity index (χ1n) is 5.89. The quantitative estimate of drug-likeness (QED) is 0.784. The van der Waals surface area contributed by atoms with Gasteiger partial charge in [0.15, 0.2) is 0 Å². The maximum Gasteiger partial charge on any atom is 0.00794 e. The molecular formula is C14H23N. The lowest BCUT2D eigenvalue weighted by Gasteiger charge is -2.13. The van der Waals surface area contributed by atoms with Crippen LogP contribution in [-0.2, 0) is 6.42 Å². The number of rotatable bonds is 5. The van der Waals surface area contributed by atoms with Crippen LogP contribution in [0.1, 0.15) is 37.8 Å². The van der Waals surface area contributed by atoms with Gasteiger partial charge in [0, 0.05) is 6.04 Å². The van der Waals surface area contributed by atoms with Crippen molar-refractivity contribution in [3.63, 3.8) is 0 Å². The summed E-state index contributed by atoms with van der Waals surface area (Å²) in [7, 11) is 0. The molecule has 0 heterocycles. The van der Waals surface area contributed by atoms with E-state index in [0.29, 0.717) is 6.04 Å². The van der Waals surface area contributed by atoms with Crippen molar-refractivity contribution in [3.05, 3.63) is 35.4 Å². The van der Waals surface area contributed by atoms with Gasteiger partial charge in [-0.3, -0.25) is 0 Å². The Morgan fingerprint density at radius 3 is 2.20 bits per heavy atom. The Balaban J connectivity index is 2.37. The molecule has 0 aliphatic carbocycles. The van der Waals surface area contributed by atoms with Crippen LogP contribution < -0.4 is 5.73 Å². The van der Waals surface area contributed by atoms with Crippen molar-refractivity contribution in [1.82, 2.24) is 0 Å². The summed E-state index contributed by atoms with van der Waals surface area (Å²) in [5.41, 5.74) is 8.76. The van der Waals surface area contributed by atoms with E-state index in [9.17, 15) is 0 Å². The molecule has 1 heteroatoms. The second kappa shape index (κ2) is 5.92. The summed E-state index contributed by atoms with van der Waals surface area (Å²) in [4.78, 5) is 0. The molecular weight excluding hydrogens is 182 g/mol. The lowest BCUT2D eigenvalue weighted by atomic mass is 9.98. The minimum absolute atomic E-state index is 0.315. The zero-order valence-electron chi connectivity index (χ0n) is 10.2. The maximum absolute atomic E-state index is 6.09. The Morgan fingerprint density at radius 2 is 1.67 bits per heavy atom. The minimum atomic E-state index is 0.315. The fraction of sp³-hybridized carbons (Fsp3) is 0.571. The molecule has 84 valence electrons. The van der Waals surface area contributed by atoms with E-state index < -0.39 is 0 Å². The summed E-state index contributed by atoms with van der Waals surface area (Å²) in [5, 5.41) is 0. The van der Waals surface area contributed by atoms with Gasteiger partial charge in [-0.25, -0.2) is 0 Å². The van der Waals surface area contributed by atoms with E-state index >= 15 is 0 Å². The Labute approximate surface area is 93.7 Å². The van der Waals surface area contributed by atoms with Gasteiger partial charge in [-0.2, -0.15) is 0 Å². The Morgan fingerprint density at radius 1 is 1.07 bits per heavy atom. The maximum atomic E-state index is 6.09. The van der Waals surface area contributed by atoms with Crippen LogP contribution in [-0.4, -0.2) is 6.04 Å². The van der Waals surface area contributed by atoms with Crippen molar-refractivity contribution in [2.45, 2.75) is 46.1 Å². The number of benzene rings is 1. The molecule has 1 nitrogen and oxygen atoms in total. The molecule has 0 saturated heterocycles. The second-order valence-corrected chi connectivity index (χ2v) is 4.92. The molecule has 0 fully saturated rings. The van der Waals surface area contributed by atoms with Crippen molar-refractivity contribution in [1.29, 1.82) is 0 Å². The van der Waals surface area contributed by atoms with Crippen LogP contribution in [0.25, 0.3) is 0 Å². The normalized spacial score (nSPS) is 13.1. The predicted molar refractivity (Wildman–Crippen MR) is 66.9 cm³/mol. The van der Waals surface area contributed by atoms with E-state index in [1.54, 1.807) is 0 Å². The largest absolute Gasteiger partial charge is 0.327 e. The third-order valence-corrected chi connectivity index (χ3v) is 2.73. The first-order chi connectivity index (χ1) is 7.08. The van der Waals surface area contributed by atoms with Gasteiger partial charge in [0.1, 0.15) is 0 Å². The van der Waals surface area contributed by atoms with Crippen LogP contribution in [0.5, 0.6) is 0 Å². The number of nitrogens with two attached hydrogens (primary N) is 1. The van der Waals surface area contributed by atoms with Gasteiger partial charge in [0.05, 0.1) is 0 Å². The summed E-state index contributed by atoms with van der Waals surface area (Å²) in [6, 6.07) is 9.00. The molecule has 2 N–H and O–H groups in total. The number of aryl methyl sites for hydroxylation is 1. The molecule has 1 rings (SSSR count). The van der Waals surface area contributed by atoms with Crippen LogP contribution >= 0.6 is 0 Å². The number of hydrogen-bond acceptors (Lipinski definition) is 1. The van der Waals surface area contributed by atoms with E-state index in [0.717, 1.165) is 18.8 Å². The smallest absolute Gasteiger partial charge is 0.00794 e. The molecule has 0 bridgehead atoms. The molecule has 1 aromatic rings. The fourth-order valence-electron chi connectivity index (χ4n) is 1.68. The second-order valence-electron chi connectivity index (χ2n) is 4.92. The standard InChI is InChI=1S/C14H23N/c1-11(2)4-9-14(15)10-13-7-5-12(3)6-8-13/h5-8,11,14H,4,9-10,15H2,1-3H3. The van der Waals surface area contributed by atoms with Gasteiger partial charge in [-0.15, -0.1) is 0 Å². The minimum Gasteiger partial charge on any atom is -0.327 e. The molecule has 0 saturated carbocycles. The van der Waals surface area contributed by atoms with E-state index in [1.165, 1.54) is 17.5 Å². The Hall–Kier alpha value is -0.820. The SMILES string of the molecule is Cc1ccc(CC(N)CCC(C)C)cc1. The topological polar surface area (TPSA) is 26.0 Å². The van der Waals surface area contributed by atoms with Crippen LogP contribution in [0.15, 0.2) is 24.3 Å². The zero-order chi connectivity index (χ0) is 11.3. The molecule has 0 aliphatic rings.